The van der Waals surface area contributed by atoms with E-state index in [2.05, 4.69) is 0 Å². The number of rotatable bonds is 4. The van der Waals surface area contributed by atoms with Gasteiger partial charge >= 0.3 is 5.97 Å². The number of likely N-dealkylation sites (tertiary alicyclic amines) is 1. The maximum absolute atomic E-state index is 14.4. The molecule has 1 aliphatic rings. The van der Waals surface area contributed by atoms with Gasteiger partial charge in [-0.05, 0) is 36.6 Å². The second-order valence-corrected chi connectivity index (χ2v) is 5.86. The Morgan fingerprint density at radius 1 is 1.12 bits per heavy atom. The van der Waals surface area contributed by atoms with E-state index in [1.165, 1.54) is 24.3 Å². The van der Waals surface area contributed by atoms with Gasteiger partial charge in [-0.1, -0.05) is 18.2 Å². The molecule has 3 rings (SSSR count). The van der Waals surface area contributed by atoms with E-state index >= 15 is 0 Å². The van der Waals surface area contributed by atoms with E-state index in [0.29, 0.717) is 24.9 Å². The van der Waals surface area contributed by atoms with Crippen LogP contribution in [0.4, 0.5) is 13.2 Å². The van der Waals surface area contributed by atoms with Crippen LogP contribution >= 0.6 is 0 Å². The number of nitrogens with zero attached hydrogens (tertiary/aromatic N) is 1. The normalized spacial score (nSPS) is 19.4. The van der Waals surface area contributed by atoms with E-state index in [1.54, 1.807) is 11.0 Å². The lowest BCUT2D eigenvalue weighted by atomic mass is 9.95. The summed E-state index contributed by atoms with van der Waals surface area (Å²) in [4.78, 5) is 13.1. The molecule has 1 aliphatic heterocycles. The molecule has 2 atom stereocenters. The van der Waals surface area contributed by atoms with Gasteiger partial charge in [-0.3, -0.25) is 9.69 Å². The minimum atomic E-state index is -1.00. The molecule has 1 saturated heterocycles. The van der Waals surface area contributed by atoms with Crippen LogP contribution in [0.15, 0.2) is 42.5 Å². The predicted molar refractivity (Wildman–Crippen MR) is 82.0 cm³/mol. The Morgan fingerprint density at radius 2 is 1.88 bits per heavy atom. The van der Waals surface area contributed by atoms with Crippen LogP contribution in [0.1, 0.15) is 30.0 Å². The van der Waals surface area contributed by atoms with E-state index in [1.807, 2.05) is 0 Å². The van der Waals surface area contributed by atoms with Gasteiger partial charge in [0.25, 0.3) is 0 Å². The summed E-state index contributed by atoms with van der Waals surface area (Å²) in [5, 5.41) is 9.42. The van der Waals surface area contributed by atoms with Gasteiger partial charge in [-0.2, -0.15) is 0 Å². The van der Waals surface area contributed by atoms with Crippen molar-refractivity contribution in [3.05, 3.63) is 71.0 Å². The van der Waals surface area contributed by atoms with Crippen LogP contribution in [0, 0.1) is 17.5 Å². The van der Waals surface area contributed by atoms with Crippen LogP contribution in [-0.4, -0.2) is 28.6 Å². The number of hydrogen-bond donors (Lipinski definition) is 1. The molecule has 2 aromatic carbocycles. The Labute approximate surface area is 137 Å². The minimum Gasteiger partial charge on any atom is -0.480 e. The predicted octanol–water partition coefficient (Wildman–Crippen LogP) is 3.74. The van der Waals surface area contributed by atoms with Gasteiger partial charge in [0.1, 0.15) is 23.5 Å². The molecule has 1 heterocycles. The number of hydrogen-bond acceptors (Lipinski definition) is 2. The van der Waals surface area contributed by atoms with Crippen molar-refractivity contribution in [1.82, 2.24) is 4.90 Å². The van der Waals surface area contributed by atoms with Crippen molar-refractivity contribution < 1.29 is 23.1 Å². The Bertz CT molecular complexity index is 766. The van der Waals surface area contributed by atoms with Crippen molar-refractivity contribution in [3.63, 3.8) is 0 Å². The highest BCUT2D eigenvalue weighted by atomic mass is 19.1. The van der Waals surface area contributed by atoms with E-state index in [-0.39, 0.29) is 5.56 Å². The third-order valence-corrected chi connectivity index (χ3v) is 4.33. The zero-order valence-corrected chi connectivity index (χ0v) is 12.8. The van der Waals surface area contributed by atoms with Gasteiger partial charge in [0.05, 0.1) is 6.04 Å². The number of carboxylic acids is 1. The Kier molecular flexibility index (Phi) is 4.57. The van der Waals surface area contributed by atoms with Gasteiger partial charge in [0, 0.05) is 18.2 Å². The molecule has 0 bridgehead atoms. The maximum Gasteiger partial charge on any atom is 0.320 e. The van der Waals surface area contributed by atoms with Gasteiger partial charge in [0.15, 0.2) is 0 Å². The van der Waals surface area contributed by atoms with Gasteiger partial charge in [-0.15, -0.1) is 0 Å². The van der Waals surface area contributed by atoms with Crippen LogP contribution < -0.4 is 0 Å². The summed E-state index contributed by atoms with van der Waals surface area (Å²) < 4.78 is 41.3. The van der Waals surface area contributed by atoms with Crippen LogP contribution in [0.25, 0.3) is 0 Å². The molecule has 24 heavy (non-hydrogen) atoms. The summed E-state index contributed by atoms with van der Waals surface area (Å²) in [5.74, 6) is -2.99. The molecule has 126 valence electrons. The fourth-order valence-electron chi connectivity index (χ4n) is 3.31. The highest BCUT2D eigenvalue weighted by molar-refractivity contribution is 5.74. The molecular formula is C18H16F3NO2. The Balaban J connectivity index is 2.12. The average Bonchev–Trinajstić information content (AvgIpc) is 2.99. The first-order chi connectivity index (χ1) is 11.5. The van der Waals surface area contributed by atoms with Gasteiger partial charge in [0.2, 0.25) is 0 Å². The fraction of sp³-hybridized carbons (Fsp3) is 0.278. The Hall–Kier alpha value is -2.34. The summed E-state index contributed by atoms with van der Waals surface area (Å²) in [6.07, 6.45) is 1.08. The second-order valence-electron chi connectivity index (χ2n) is 5.86. The van der Waals surface area contributed by atoms with E-state index in [0.717, 1.165) is 12.1 Å². The van der Waals surface area contributed by atoms with Crippen molar-refractivity contribution in [3.8, 4) is 0 Å². The van der Waals surface area contributed by atoms with E-state index in [9.17, 15) is 23.1 Å². The number of halogens is 3. The summed E-state index contributed by atoms with van der Waals surface area (Å²) in [6.45, 7) is 0.439. The summed E-state index contributed by atoms with van der Waals surface area (Å²) >= 11 is 0. The van der Waals surface area contributed by atoms with E-state index < -0.39 is 35.5 Å². The number of carbonyl (C=O) groups is 1. The molecule has 2 aromatic rings. The minimum absolute atomic E-state index is 0.134. The molecule has 6 heteroatoms. The van der Waals surface area contributed by atoms with Crippen molar-refractivity contribution in [1.29, 1.82) is 0 Å². The van der Waals surface area contributed by atoms with Crippen molar-refractivity contribution in [2.45, 2.75) is 24.9 Å². The average molecular weight is 335 g/mol. The SMILES string of the molecule is O=C(O)C1CCCN1C(c1cccc(F)c1)c1ccc(F)cc1F. The molecule has 1 N–H and O–H groups in total. The molecule has 0 radical (unpaired) electrons. The molecule has 0 aliphatic carbocycles. The highest BCUT2D eigenvalue weighted by Gasteiger charge is 2.37. The van der Waals surface area contributed by atoms with Crippen LogP contribution in [0.3, 0.4) is 0 Å². The smallest absolute Gasteiger partial charge is 0.320 e. The lowest BCUT2D eigenvalue weighted by Gasteiger charge is -2.32. The van der Waals surface area contributed by atoms with Crippen LogP contribution in [0.5, 0.6) is 0 Å². The fourth-order valence-corrected chi connectivity index (χ4v) is 3.31. The van der Waals surface area contributed by atoms with Crippen molar-refractivity contribution >= 4 is 5.97 Å². The number of benzene rings is 2. The van der Waals surface area contributed by atoms with Gasteiger partial charge in [-0.25, -0.2) is 13.2 Å². The lowest BCUT2D eigenvalue weighted by molar-refractivity contribution is -0.142. The lowest BCUT2D eigenvalue weighted by Crippen LogP contribution is -2.39. The molecule has 1 fully saturated rings. The first kappa shape index (κ1) is 16.5. The molecule has 0 amide bonds. The van der Waals surface area contributed by atoms with Crippen molar-refractivity contribution in [2.24, 2.45) is 0 Å². The topological polar surface area (TPSA) is 40.5 Å². The second kappa shape index (κ2) is 6.65. The third kappa shape index (κ3) is 3.14. The quantitative estimate of drug-likeness (QED) is 0.925. The summed E-state index contributed by atoms with van der Waals surface area (Å²) in [6, 6.07) is 7.22. The first-order valence-electron chi connectivity index (χ1n) is 7.66. The molecule has 0 aromatic heterocycles. The summed E-state index contributed by atoms with van der Waals surface area (Å²) in [7, 11) is 0. The third-order valence-electron chi connectivity index (χ3n) is 4.33. The van der Waals surface area contributed by atoms with Crippen LogP contribution in [-0.2, 0) is 4.79 Å². The number of aliphatic carboxylic acids is 1. The first-order valence-corrected chi connectivity index (χ1v) is 7.66. The van der Waals surface area contributed by atoms with Gasteiger partial charge < -0.3 is 5.11 Å². The molecule has 3 nitrogen and oxygen atoms in total. The summed E-state index contributed by atoms with van der Waals surface area (Å²) in [5.41, 5.74) is 0.573. The Morgan fingerprint density at radius 3 is 2.54 bits per heavy atom. The molecule has 0 saturated carbocycles. The van der Waals surface area contributed by atoms with Crippen molar-refractivity contribution in [2.75, 3.05) is 6.54 Å². The molecule has 0 spiro atoms. The largest absolute Gasteiger partial charge is 0.480 e. The number of carboxylic acid groups (broad SMARTS) is 1. The molecular weight excluding hydrogens is 319 g/mol. The zero-order valence-electron chi connectivity index (χ0n) is 12.8. The zero-order chi connectivity index (χ0) is 17.3. The van der Waals surface area contributed by atoms with E-state index in [4.69, 9.17) is 0 Å². The standard InChI is InChI=1S/C18H16F3NO2/c19-12-4-1-3-11(9-12)17(14-7-6-13(20)10-15(14)21)22-8-2-5-16(22)18(23)24/h1,3-4,6-7,9-10,16-17H,2,5,8H2,(H,23,24). The maximum atomic E-state index is 14.4. The highest BCUT2D eigenvalue weighted by Crippen LogP contribution is 2.36. The monoisotopic (exact) mass is 335 g/mol. The van der Waals surface area contributed by atoms with Crippen LogP contribution in [0.2, 0.25) is 0 Å². The molecule has 2 unspecified atom stereocenters.